The number of piperidine rings is 2. The molecule has 4 aromatic carbocycles. The van der Waals surface area contributed by atoms with E-state index in [1.165, 1.54) is 45.9 Å². The van der Waals surface area contributed by atoms with Gasteiger partial charge in [-0.15, -0.1) is 13.2 Å². The molecule has 0 radical (unpaired) electrons. The van der Waals surface area contributed by atoms with Crippen LogP contribution < -0.4 is 24.3 Å². The molecule has 5 N–H and O–H groups in total. The van der Waals surface area contributed by atoms with Crippen molar-refractivity contribution in [2.45, 2.75) is 63.4 Å². The number of aromatic amines is 5. The van der Waals surface area contributed by atoms with Crippen LogP contribution in [0.15, 0.2) is 85.7 Å². The molecule has 5 aromatic heterocycles. The molecule has 1 amide bonds. The number of halogens is 6. The Labute approximate surface area is 515 Å². The van der Waals surface area contributed by atoms with E-state index < -0.39 is 26.4 Å². The van der Waals surface area contributed by atoms with E-state index in [-0.39, 0.29) is 23.7 Å². The van der Waals surface area contributed by atoms with Gasteiger partial charge >= 0.3 is 6.36 Å². The molecule has 4 aliphatic rings. The zero-order valence-electron chi connectivity index (χ0n) is 48.3. The number of hydrogen-bond acceptors (Lipinski definition) is 15. The lowest BCUT2D eigenvalue weighted by molar-refractivity contribution is -0.274. The largest absolute Gasteiger partial charge is 0.573 e. The number of H-pyrrole nitrogens is 5. The molecule has 23 nitrogen and oxygen atoms in total. The Kier molecular flexibility index (Phi) is 19.0. The quantitative estimate of drug-likeness (QED) is 0.0855. The summed E-state index contributed by atoms with van der Waals surface area (Å²) < 4.78 is 91.2. The Morgan fingerprint density at radius 1 is 0.575 bits per heavy atom. The predicted molar refractivity (Wildman–Crippen MR) is 334 cm³/mol. The third-order valence-corrected chi connectivity index (χ3v) is 19.7. The molecule has 4 saturated heterocycles. The third-order valence-electron chi connectivity index (χ3n) is 16.4. The van der Waals surface area contributed by atoms with Crippen LogP contribution in [0.4, 0.5) is 35.9 Å². The summed E-state index contributed by atoms with van der Waals surface area (Å²) in [5, 5.41) is 33.5. The van der Waals surface area contributed by atoms with Gasteiger partial charge in [-0.2, -0.15) is 20.4 Å². The number of carbonyl (C=O) groups excluding carboxylic acids is 1. The molecule has 4 fully saturated rings. The van der Waals surface area contributed by atoms with Crippen molar-refractivity contribution in [3.8, 4) is 5.75 Å². The van der Waals surface area contributed by atoms with E-state index >= 15 is 0 Å². The van der Waals surface area contributed by atoms with Gasteiger partial charge in [-0.05, 0) is 68.5 Å². The molecule has 0 bridgehead atoms. The van der Waals surface area contributed by atoms with E-state index in [0.29, 0.717) is 66.4 Å². The monoisotopic (exact) mass is 1300 g/mol. The van der Waals surface area contributed by atoms with Crippen molar-refractivity contribution in [1.82, 2.24) is 64.3 Å². The van der Waals surface area contributed by atoms with Crippen LogP contribution in [0.1, 0.15) is 50.8 Å². The minimum atomic E-state index is -4.75. The second kappa shape index (κ2) is 26.3. The Bertz CT molecular complexity index is 4080. The van der Waals surface area contributed by atoms with Crippen molar-refractivity contribution in [3.63, 3.8) is 0 Å². The Balaban J connectivity index is 0.000000128. The highest BCUT2D eigenvalue weighted by atomic mass is 35.5. The van der Waals surface area contributed by atoms with Crippen LogP contribution in [-0.4, -0.2) is 198 Å². The van der Waals surface area contributed by atoms with Crippen LogP contribution in [0.5, 0.6) is 5.75 Å². The fourth-order valence-electron chi connectivity index (χ4n) is 11.7. The maximum atomic E-state index is 12.5. The maximum absolute atomic E-state index is 12.5. The van der Waals surface area contributed by atoms with E-state index in [1.807, 2.05) is 59.9 Å². The van der Waals surface area contributed by atoms with Crippen LogP contribution in [0.25, 0.3) is 43.6 Å². The number of nitrogens with zero attached hydrogens (tertiary/aromatic N) is 12. The first-order chi connectivity index (χ1) is 41.4. The minimum Gasteiger partial charge on any atom is -0.406 e. The first-order valence-electron chi connectivity index (χ1n) is 28.1. The maximum Gasteiger partial charge on any atom is 0.573 e. The van der Waals surface area contributed by atoms with E-state index in [2.05, 4.69) is 70.2 Å². The van der Waals surface area contributed by atoms with Crippen molar-refractivity contribution in [1.29, 1.82) is 0 Å². The normalized spacial score (nSPS) is 18.1. The molecule has 466 valence electrons. The van der Waals surface area contributed by atoms with Gasteiger partial charge in [0.05, 0.1) is 65.1 Å². The number of nitrogens with one attached hydrogen (secondary N) is 5. The zero-order valence-corrected chi connectivity index (χ0v) is 52.2. The molecule has 9 heterocycles. The lowest BCUT2D eigenvalue weighted by Crippen LogP contribution is -2.48. The van der Waals surface area contributed by atoms with Crippen molar-refractivity contribution < 1.29 is 39.5 Å². The Hall–Kier alpha value is -7.08. The number of rotatable bonds is 10. The molecule has 0 aliphatic carbocycles. The number of benzene rings is 4. The van der Waals surface area contributed by atoms with Crippen molar-refractivity contribution in [2.24, 2.45) is 0 Å². The summed E-state index contributed by atoms with van der Waals surface area (Å²) >= 11 is 18.6. The molecule has 0 spiro atoms. The van der Waals surface area contributed by atoms with E-state index in [0.717, 1.165) is 119 Å². The van der Waals surface area contributed by atoms with E-state index in [9.17, 15) is 34.8 Å². The van der Waals surface area contributed by atoms with Crippen LogP contribution in [0.3, 0.4) is 0 Å². The van der Waals surface area contributed by atoms with E-state index in [4.69, 9.17) is 34.8 Å². The summed E-state index contributed by atoms with van der Waals surface area (Å²) in [6.07, 6.45) is 13.3. The Morgan fingerprint density at radius 2 is 0.989 bits per heavy atom. The van der Waals surface area contributed by atoms with Gasteiger partial charge in [0.15, 0.2) is 0 Å². The topological polar surface area (TPSA) is 261 Å². The first kappa shape index (κ1) is 63.0. The summed E-state index contributed by atoms with van der Waals surface area (Å²) in [4.78, 5) is 29.4. The second-order valence-electron chi connectivity index (χ2n) is 22.0. The smallest absolute Gasteiger partial charge is 0.406 e. The minimum absolute atomic E-state index is 0.00716. The van der Waals surface area contributed by atoms with Crippen molar-refractivity contribution in [2.75, 3.05) is 112 Å². The number of imidazole rings is 1. The molecule has 9 aromatic rings. The molecule has 2 unspecified atom stereocenters. The standard InChI is InChI=1S/C15H16ClN5.C14H19ClN4O2S.C14H15F3N4O2.C13H17ClN4O2S/c16-11-7-13-12(9-19-20-13)14(8-11)21-5-1-10(2-6-21)15-17-3-4-18-15;1-18(22(2,20)21)11-4-3-5-19(9-11)14-7-10(15)6-13-12(14)8-16-17-13;1-9(22)20-2-4-21(5-3-20)13-7-10(23-14(15,16)17)6-12-11(13)8-18-19-12;1-17(21(2,19)20)10-3-4-18(8-10)13-6-9(14)5-12-11(13)7-15-16-12/h3-4,7-10H,1-2,5-6H2,(H,17,18)(H,19,20);6-8,11H,3-5,9H2,1-2H3,(H,16,17);6-8H,2-5H2,1H3,(H,18,19);5-7,10H,3-4,8H2,1-2H3,(H,15,16). The molecule has 2 atom stereocenters. The number of likely N-dealkylation sites (N-methyl/N-ethyl adjacent to an activating group) is 2. The second-order valence-corrected chi connectivity index (χ2v) is 27.4. The molecular weight excluding hydrogens is 1230 g/mol. The summed E-state index contributed by atoms with van der Waals surface area (Å²) in [5.74, 6) is 1.33. The van der Waals surface area contributed by atoms with Gasteiger partial charge < -0.3 is 34.2 Å². The Morgan fingerprint density at radius 3 is 1.43 bits per heavy atom. The molecule has 0 saturated carbocycles. The van der Waals surface area contributed by atoms with Gasteiger partial charge in [0, 0.05) is 183 Å². The number of amides is 1. The molecule has 31 heteroatoms. The van der Waals surface area contributed by atoms with Crippen molar-refractivity contribution >= 4 is 127 Å². The number of piperazine rings is 1. The molecule has 4 aliphatic heterocycles. The number of hydrogen-bond donors (Lipinski definition) is 5. The number of carbonyl (C=O) groups is 1. The van der Waals surface area contributed by atoms with Crippen LogP contribution >= 0.6 is 34.8 Å². The SMILES string of the molecule is CC(=O)N1CCN(c2cc(OC(F)(F)F)cc3[nH]ncc23)CC1.CN(C1CCCN(c2cc(Cl)cc3[nH]ncc23)C1)S(C)(=O)=O.CN(C1CCN(c2cc(Cl)cc3[nH]ncc23)C1)S(C)(=O)=O.Clc1cc(N2CCC(c3ncc[nH]3)CC2)c2cn[nH]c2c1. The summed E-state index contributed by atoms with van der Waals surface area (Å²) in [6, 6.07) is 14.0. The number of sulfonamides is 2. The van der Waals surface area contributed by atoms with Crippen LogP contribution in [0.2, 0.25) is 15.1 Å². The van der Waals surface area contributed by atoms with Gasteiger partial charge in [-0.3, -0.25) is 25.2 Å². The summed E-state index contributed by atoms with van der Waals surface area (Å²) in [7, 11) is -3.07. The lowest BCUT2D eigenvalue weighted by Gasteiger charge is -2.38. The van der Waals surface area contributed by atoms with E-state index in [1.54, 1.807) is 37.6 Å². The lowest BCUT2D eigenvalue weighted by atomic mass is 9.95. The fourth-order valence-corrected chi connectivity index (χ4v) is 13.7. The van der Waals surface area contributed by atoms with Gasteiger partial charge in [0.2, 0.25) is 26.0 Å². The molecule has 87 heavy (non-hydrogen) atoms. The number of anilines is 4. The highest BCUT2D eigenvalue weighted by molar-refractivity contribution is 7.88. The molecule has 13 rings (SSSR count). The number of ether oxygens (including phenoxy) is 1. The number of fused-ring (bicyclic) bond motifs is 4. The average molecular weight is 1300 g/mol. The number of aromatic nitrogens is 10. The summed E-state index contributed by atoms with van der Waals surface area (Å²) in [6.45, 7) is 8.64. The third kappa shape index (κ3) is 15.1. The zero-order chi connectivity index (χ0) is 62.0. The average Bonchev–Trinajstić information content (AvgIpc) is 3.99. The summed E-state index contributed by atoms with van der Waals surface area (Å²) in [5.41, 5.74) is 7.02. The van der Waals surface area contributed by atoms with Crippen molar-refractivity contribution in [3.05, 3.63) is 107 Å². The number of alkyl halides is 3. The predicted octanol–water partition coefficient (Wildman–Crippen LogP) is 9.22. The van der Waals surface area contributed by atoms with Crippen LogP contribution in [-0.2, 0) is 24.8 Å². The molecular formula is C56H67Cl3F3N17O6S2. The van der Waals surface area contributed by atoms with Gasteiger partial charge in [-0.1, -0.05) is 34.8 Å². The van der Waals surface area contributed by atoms with Gasteiger partial charge in [-0.25, -0.2) is 30.4 Å². The fraction of sp³-hybridized carbons (Fsp3) is 0.429. The van der Waals surface area contributed by atoms with Gasteiger partial charge in [0.1, 0.15) is 11.6 Å². The highest BCUT2D eigenvalue weighted by Gasteiger charge is 2.34. The highest BCUT2D eigenvalue weighted by Crippen LogP contribution is 2.38. The van der Waals surface area contributed by atoms with Gasteiger partial charge in [0.25, 0.3) is 0 Å². The van der Waals surface area contributed by atoms with Crippen LogP contribution in [0, 0.1) is 0 Å². The first-order valence-corrected chi connectivity index (χ1v) is 32.9.